The zero-order valence-corrected chi connectivity index (χ0v) is 13.4. The van der Waals surface area contributed by atoms with Crippen molar-refractivity contribution in [1.82, 2.24) is 15.5 Å². The molecule has 114 valence electrons. The quantitative estimate of drug-likeness (QED) is 0.911. The molecule has 0 spiro atoms. The van der Waals surface area contributed by atoms with E-state index in [0.717, 1.165) is 13.1 Å². The minimum Gasteiger partial charge on any atom is -0.407 e. The van der Waals surface area contributed by atoms with Gasteiger partial charge in [-0.15, -0.1) is 5.10 Å². The lowest BCUT2D eigenvalue weighted by molar-refractivity contribution is -0.134. The van der Waals surface area contributed by atoms with Crippen LogP contribution in [0, 0.1) is 0 Å². The van der Waals surface area contributed by atoms with Gasteiger partial charge >= 0.3 is 6.01 Å². The Kier molecular flexibility index (Phi) is 4.07. The highest BCUT2D eigenvalue weighted by molar-refractivity contribution is 5.28. The topological polar surface area (TPSA) is 63.4 Å². The van der Waals surface area contributed by atoms with Crippen LogP contribution in [0.25, 0.3) is 0 Å². The van der Waals surface area contributed by atoms with Gasteiger partial charge in [-0.1, -0.05) is 18.9 Å². The Balaban J connectivity index is 2.07. The first-order valence-corrected chi connectivity index (χ1v) is 7.18. The van der Waals surface area contributed by atoms with E-state index in [1.165, 1.54) is 0 Å². The highest BCUT2D eigenvalue weighted by Crippen LogP contribution is 2.30. The number of ether oxygens (including phenoxy) is 1. The first-order valence-electron chi connectivity index (χ1n) is 7.18. The molecule has 0 unspecified atom stereocenters. The molecule has 0 radical (unpaired) electrons. The van der Waals surface area contributed by atoms with E-state index in [2.05, 4.69) is 62.0 Å². The van der Waals surface area contributed by atoms with Crippen molar-refractivity contribution in [3.8, 4) is 0 Å². The summed E-state index contributed by atoms with van der Waals surface area (Å²) in [6, 6.07) is 0.974. The molecule has 0 saturated carbocycles. The number of nitrogens with one attached hydrogen (secondary N) is 1. The normalized spacial score (nSPS) is 21.4. The zero-order valence-electron chi connectivity index (χ0n) is 13.4. The number of morpholine rings is 1. The second-order valence-corrected chi connectivity index (χ2v) is 6.99. The lowest BCUT2D eigenvalue weighted by Crippen LogP contribution is -2.57. The van der Waals surface area contributed by atoms with E-state index in [9.17, 15) is 0 Å². The Morgan fingerprint density at radius 2 is 1.75 bits per heavy atom. The maximum atomic E-state index is 6.05. The molecule has 1 fully saturated rings. The molecule has 2 rings (SSSR count). The number of hydrogen-bond acceptors (Lipinski definition) is 6. The van der Waals surface area contributed by atoms with Crippen molar-refractivity contribution in [2.75, 3.05) is 18.0 Å². The molecule has 1 saturated heterocycles. The summed E-state index contributed by atoms with van der Waals surface area (Å²) in [6.45, 7) is 14.6. The summed E-state index contributed by atoms with van der Waals surface area (Å²) < 4.78 is 11.8. The maximum absolute atomic E-state index is 6.05. The van der Waals surface area contributed by atoms with Gasteiger partial charge in [0.2, 0.25) is 5.89 Å². The number of rotatable bonds is 4. The fourth-order valence-electron chi connectivity index (χ4n) is 2.66. The molecule has 0 amide bonds. The number of anilines is 1. The van der Waals surface area contributed by atoms with Crippen LogP contribution in [-0.4, -0.2) is 40.5 Å². The monoisotopic (exact) mass is 282 g/mol. The molecule has 1 aliphatic heterocycles. The standard InChI is InChI=1S/C14H26N4O2/c1-10(2)15-7-11-16-17-12(19-11)18-8-13(3,4)20-14(5,6)9-18/h10,15H,7-9H2,1-6H3. The summed E-state index contributed by atoms with van der Waals surface area (Å²) in [7, 11) is 0. The van der Waals surface area contributed by atoms with E-state index in [1.807, 2.05) is 0 Å². The molecule has 1 N–H and O–H groups in total. The number of aromatic nitrogens is 2. The lowest BCUT2D eigenvalue weighted by Gasteiger charge is -2.46. The van der Waals surface area contributed by atoms with Crippen molar-refractivity contribution in [1.29, 1.82) is 0 Å². The maximum Gasteiger partial charge on any atom is 0.318 e. The Morgan fingerprint density at radius 1 is 1.15 bits per heavy atom. The molecule has 1 aromatic heterocycles. The Morgan fingerprint density at radius 3 is 2.30 bits per heavy atom. The van der Waals surface area contributed by atoms with Gasteiger partial charge in [-0.2, -0.15) is 0 Å². The molecular formula is C14H26N4O2. The van der Waals surface area contributed by atoms with Gasteiger partial charge in [-0.05, 0) is 27.7 Å². The van der Waals surface area contributed by atoms with Crippen LogP contribution in [-0.2, 0) is 11.3 Å². The van der Waals surface area contributed by atoms with Gasteiger partial charge in [0, 0.05) is 6.04 Å². The molecule has 6 heteroatoms. The van der Waals surface area contributed by atoms with Crippen molar-refractivity contribution >= 4 is 6.01 Å². The number of nitrogens with zero attached hydrogens (tertiary/aromatic N) is 3. The SMILES string of the molecule is CC(C)NCc1nnc(N2CC(C)(C)OC(C)(C)C2)o1. The summed E-state index contributed by atoms with van der Waals surface area (Å²) in [5.74, 6) is 0.621. The van der Waals surface area contributed by atoms with Crippen LogP contribution in [0.15, 0.2) is 4.42 Å². The third-order valence-corrected chi connectivity index (χ3v) is 3.08. The zero-order chi connectivity index (χ0) is 15.0. The van der Waals surface area contributed by atoms with E-state index < -0.39 is 0 Å². The van der Waals surface area contributed by atoms with Crippen LogP contribution in [0.5, 0.6) is 0 Å². The van der Waals surface area contributed by atoms with Gasteiger partial charge in [-0.3, -0.25) is 0 Å². The first kappa shape index (κ1) is 15.3. The molecule has 1 aliphatic rings. The molecule has 6 nitrogen and oxygen atoms in total. The average molecular weight is 282 g/mol. The average Bonchev–Trinajstić information content (AvgIpc) is 2.70. The fourth-order valence-corrected chi connectivity index (χ4v) is 2.66. The Bertz CT molecular complexity index is 438. The smallest absolute Gasteiger partial charge is 0.318 e. The molecule has 0 atom stereocenters. The lowest BCUT2D eigenvalue weighted by atomic mass is 9.99. The molecule has 2 heterocycles. The second-order valence-electron chi connectivity index (χ2n) is 6.99. The van der Waals surface area contributed by atoms with Gasteiger partial charge in [0.25, 0.3) is 0 Å². The molecule has 1 aromatic rings. The van der Waals surface area contributed by atoms with Crippen LogP contribution in [0.3, 0.4) is 0 Å². The van der Waals surface area contributed by atoms with E-state index in [4.69, 9.17) is 9.15 Å². The molecule has 0 bridgehead atoms. The van der Waals surface area contributed by atoms with Gasteiger partial charge in [-0.25, -0.2) is 0 Å². The minimum absolute atomic E-state index is 0.230. The largest absolute Gasteiger partial charge is 0.407 e. The van der Waals surface area contributed by atoms with Crippen molar-refractivity contribution < 1.29 is 9.15 Å². The van der Waals surface area contributed by atoms with Crippen molar-refractivity contribution in [3.63, 3.8) is 0 Å². The van der Waals surface area contributed by atoms with Crippen LogP contribution < -0.4 is 10.2 Å². The summed E-state index contributed by atoms with van der Waals surface area (Å²) >= 11 is 0. The third-order valence-electron chi connectivity index (χ3n) is 3.08. The first-order chi connectivity index (χ1) is 9.17. The Hall–Kier alpha value is -1.14. The highest BCUT2D eigenvalue weighted by Gasteiger charge is 2.39. The fraction of sp³-hybridized carbons (Fsp3) is 0.857. The van der Waals surface area contributed by atoms with E-state index in [1.54, 1.807) is 0 Å². The molecule has 0 aliphatic carbocycles. The van der Waals surface area contributed by atoms with E-state index >= 15 is 0 Å². The summed E-state index contributed by atoms with van der Waals surface area (Å²) in [4.78, 5) is 2.11. The highest BCUT2D eigenvalue weighted by atomic mass is 16.5. The van der Waals surface area contributed by atoms with Crippen LogP contribution in [0.2, 0.25) is 0 Å². The van der Waals surface area contributed by atoms with Gasteiger partial charge in [0.1, 0.15) is 0 Å². The summed E-state index contributed by atoms with van der Waals surface area (Å²) in [5, 5.41) is 11.5. The van der Waals surface area contributed by atoms with Gasteiger partial charge in [0.15, 0.2) is 0 Å². The van der Waals surface area contributed by atoms with Crippen LogP contribution in [0.4, 0.5) is 6.01 Å². The van der Waals surface area contributed by atoms with E-state index in [-0.39, 0.29) is 11.2 Å². The van der Waals surface area contributed by atoms with Crippen LogP contribution in [0.1, 0.15) is 47.4 Å². The number of hydrogen-bond donors (Lipinski definition) is 1. The van der Waals surface area contributed by atoms with Gasteiger partial charge in [0.05, 0.1) is 30.8 Å². The third kappa shape index (κ3) is 3.93. The van der Waals surface area contributed by atoms with Gasteiger partial charge < -0.3 is 19.4 Å². The predicted octanol–water partition coefficient (Wildman–Crippen LogP) is 1.96. The minimum atomic E-state index is -0.230. The van der Waals surface area contributed by atoms with Crippen LogP contribution >= 0.6 is 0 Å². The van der Waals surface area contributed by atoms with E-state index in [0.29, 0.717) is 24.5 Å². The molecule has 20 heavy (non-hydrogen) atoms. The van der Waals surface area contributed by atoms with Crippen molar-refractivity contribution in [2.45, 2.75) is 65.3 Å². The second kappa shape index (κ2) is 5.33. The predicted molar refractivity (Wildman–Crippen MR) is 77.7 cm³/mol. The summed E-state index contributed by atoms with van der Waals surface area (Å²) in [6.07, 6.45) is 0. The molecular weight excluding hydrogens is 256 g/mol. The Labute approximate surface area is 120 Å². The van der Waals surface area contributed by atoms with Crippen molar-refractivity contribution in [3.05, 3.63) is 5.89 Å². The summed E-state index contributed by atoms with van der Waals surface area (Å²) in [5.41, 5.74) is -0.459. The van der Waals surface area contributed by atoms with Crippen molar-refractivity contribution in [2.24, 2.45) is 0 Å². The molecule has 0 aromatic carbocycles.